The molecule has 0 unspecified atom stereocenters. The molecule has 0 aliphatic heterocycles. The molecule has 0 radical (unpaired) electrons. The van der Waals surface area contributed by atoms with Crippen molar-refractivity contribution in [2.45, 2.75) is 40.2 Å². The zero-order chi connectivity index (χ0) is 18.7. The van der Waals surface area contributed by atoms with Crippen molar-refractivity contribution in [2.24, 2.45) is 0 Å². The van der Waals surface area contributed by atoms with E-state index in [0.717, 1.165) is 35.5 Å². The van der Waals surface area contributed by atoms with Crippen LogP contribution < -0.4 is 5.32 Å². The summed E-state index contributed by atoms with van der Waals surface area (Å²) in [5.74, 6) is 0.696. The quantitative estimate of drug-likeness (QED) is 0.674. The zero-order valence-electron chi connectivity index (χ0n) is 15.3. The fourth-order valence-corrected chi connectivity index (χ4v) is 3.20. The molecule has 2 aromatic heterocycles. The van der Waals surface area contributed by atoms with Gasteiger partial charge in [0.1, 0.15) is 6.54 Å². The highest BCUT2D eigenvalue weighted by Gasteiger charge is 2.14. The van der Waals surface area contributed by atoms with Crippen molar-refractivity contribution in [3.63, 3.8) is 0 Å². The number of carbonyl (C=O) groups excluding carboxylic acids is 1. The third kappa shape index (κ3) is 3.77. The summed E-state index contributed by atoms with van der Waals surface area (Å²) in [4.78, 5) is 12.5. The van der Waals surface area contributed by atoms with Gasteiger partial charge in [-0.2, -0.15) is 5.10 Å². The number of anilines is 1. The Hall–Kier alpha value is -2.67. The molecule has 0 atom stereocenters. The van der Waals surface area contributed by atoms with Gasteiger partial charge in [-0.1, -0.05) is 24.6 Å². The number of aryl methyl sites for hydroxylation is 3. The number of carbonyl (C=O) groups is 1. The van der Waals surface area contributed by atoms with Crippen molar-refractivity contribution in [2.75, 3.05) is 5.32 Å². The molecule has 0 aliphatic rings. The number of amides is 1. The van der Waals surface area contributed by atoms with Crippen LogP contribution >= 0.6 is 12.2 Å². The molecule has 0 spiro atoms. The van der Waals surface area contributed by atoms with Gasteiger partial charge in [0.2, 0.25) is 10.7 Å². The van der Waals surface area contributed by atoms with Gasteiger partial charge in [0.05, 0.1) is 0 Å². The molecule has 1 amide bonds. The van der Waals surface area contributed by atoms with Gasteiger partial charge in [-0.25, -0.2) is 9.36 Å². The minimum absolute atomic E-state index is 0.0805. The molecule has 3 aromatic rings. The molecule has 6 nitrogen and oxygen atoms in total. The molecule has 0 fully saturated rings. The van der Waals surface area contributed by atoms with Gasteiger partial charge in [0, 0.05) is 24.5 Å². The lowest BCUT2D eigenvalue weighted by molar-refractivity contribution is -0.116. The zero-order valence-corrected chi connectivity index (χ0v) is 16.1. The van der Waals surface area contributed by atoms with E-state index < -0.39 is 0 Å². The maximum atomic E-state index is 12.5. The van der Waals surface area contributed by atoms with Gasteiger partial charge in [-0.15, -0.1) is 0 Å². The molecular formula is C19H23N5OS. The first kappa shape index (κ1) is 18.1. The molecule has 0 saturated carbocycles. The highest BCUT2D eigenvalue weighted by Crippen LogP contribution is 2.16. The number of nitrogens with zero attached hydrogens (tertiary/aromatic N) is 4. The van der Waals surface area contributed by atoms with Crippen LogP contribution in [0.5, 0.6) is 0 Å². The maximum Gasteiger partial charge on any atom is 0.246 e. The highest BCUT2D eigenvalue weighted by molar-refractivity contribution is 7.71. The third-order valence-corrected chi connectivity index (χ3v) is 4.51. The molecule has 2 heterocycles. The number of benzene rings is 1. The molecule has 1 N–H and O–H groups in total. The van der Waals surface area contributed by atoms with Crippen LogP contribution in [0.2, 0.25) is 0 Å². The number of hydrogen-bond acceptors (Lipinski definition) is 3. The summed E-state index contributed by atoms with van der Waals surface area (Å²) < 4.78 is 5.83. The first-order chi connectivity index (χ1) is 12.5. The summed E-state index contributed by atoms with van der Waals surface area (Å²) in [5.41, 5.74) is 3.01. The first-order valence-corrected chi connectivity index (χ1v) is 9.10. The van der Waals surface area contributed by atoms with Gasteiger partial charge in [0.15, 0.2) is 5.82 Å². The average Bonchev–Trinajstić information content (AvgIpc) is 3.20. The monoisotopic (exact) mass is 369 g/mol. The number of rotatable bonds is 6. The largest absolute Gasteiger partial charge is 0.324 e. The van der Waals surface area contributed by atoms with E-state index in [2.05, 4.69) is 17.3 Å². The van der Waals surface area contributed by atoms with E-state index in [0.29, 0.717) is 4.77 Å². The van der Waals surface area contributed by atoms with Crippen LogP contribution in [-0.2, 0) is 17.8 Å². The Morgan fingerprint density at radius 3 is 2.62 bits per heavy atom. The van der Waals surface area contributed by atoms with E-state index in [1.807, 2.05) is 65.9 Å². The standard InChI is InChI=1S/C19H23N5OS/c1-4-7-17-21-23(19(26)24(17)22-10-5-6-11-22)13-18(25)20-16-9-8-14(2)12-15(16)3/h5-6,8-12H,4,7,13H2,1-3H3,(H,20,25). The lowest BCUT2D eigenvalue weighted by Crippen LogP contribution is -2.20. The molecule has 0 saturated heterocycles. The molecule has 1 aromatic carbocycles. The molecule has 26 heavy (non-hydrogen) atoms. The van der Waals surface area contributed by atoms with Crippen molar-refractivity contribution >= 4 is 23.8 Å². The fraction of sp³-hybridized carbons (Fsp3) is 0.316. The molecular weight excluding hydrogens is 346 g/mol. The van der Waals surface area contributed by atoms with Crippen molar-refractivity contribution in [3.8, 4) is 0 Å². The van der Waals surface area contributed by atoms with E-state index in [1.165, 1.54) is 0 Å². The van der Waals surface area contributed by atoms with E-state index in [4.69, 9.17) is 12.2 Å². The Labute approximate surface area is 158 Å². The Balaban J connectivity index is 1.84. The van der Waals surface area contributed by atoms with E-state index in [1.54, 1.807) is 4.68 Å². The lowest BCUT2D eigenvalue weighted by Gasteiger charge is -2.09. The Morgan fingerprint density at radius 2 is 1.96 bits per heavy atom. The maximum absolute atomic E-state index is 12.5. The van der Waals surface area contributed by atoms with E-state index >= 15 is 0 Å². The van der Waals surface area contributed by atoms with Crippen LogP contribution in [0.1, 0.15) is 30.3 Å². The number of hydrogen-bond donors (Lipinski definition) is 1. The van der Waals surface area contributed by atoms with E-state index in [9.17, 15) is 4.79 Å². The minimum Gasteiger partial charge on any atom is -0.324 e. The fourth-order valence-electron chi connectivity index (χ4n) is 2.90. The van der Waals surface area contributed by atoms with Crippen LogP contribution in [0.3, 0.4) is 0 Å². The van der Waals surface area contributed by atoms with Crippen LogP contribution in [0.15, 0.2) is 42.7 Å². The van der Waals surface area contributed by atoms with Crippen molar-refractivity contribution < 1.29 is 4.79 Å². The summed E-state index contributed by atoms with van der Waals surface area (Å²) in [7, 11) is 0. The Kier molecular flexibility index (Phi) is 5.37. The normalized spacial score (nSPS) is 10.9. The topological polar surface area (TPSA) is 56.8 Å². The Bertz CT molecular complexity index is 968. The van der Waals surface area contributed by atoms with Crippen LogP contribution in [-0.4, -0.2) is 25.0 Å². The smallest absolute Gasteiger partial charge is 0.246 e. The van der Waals surface area contributed by atoms with Gasteiger partial charge >= 0.3 is 0 Å². The first-order valence-electron chi connectivity index (χ1n) is 8.69. The summed E-state index contributed by atoms with van der Waals surface area (Å²) >= 11 is 5.56. The SMILES string of the molecule is CCCc1nn(CC(=O)Nc2ccc(C)cc2C)c(=S)n1-n1cccc1. The summed E-state index contributed by atoms with van der Waals surface area (Å²) in [6.45, 7) is 6.18. The number of nitrogens with one attached hydrogen (secondary N) is 1. The van der Waals surface area contributed by atoms with Crippen molar-refractivity contribution in [1.29, 1.82) is 0 Å². The molecule has 3 rings (SSSR count). The van der Waals surface area contributed by atoms with Crippen molar-refractivity contribution in [1.82, 2.24) is 19.1 Å². The molecule has 136 valence electrons. The third-order valence-electron chi connectivity index (χ3n) is 4.13. The van der Waals surface area contributed by atoms with E-state index in [-0.39, 0.29) is 12.5 Å². The predicted octanol–water partition coefficient (Wildman–Crippen LogP) is 3.74. The van der Waals surface area contributed by atoms with Gasteiger partial charge in [-0.05, 0) is 56.2 Å². The van der Waals surface area contributed by atoms with Gasteiger partial charge < -0.3 is 5.32 Å². The van der Waals surface area contributed by atoms with Crippen LogP contribution in [0.25, 0.3) is 0 Å². The highest BCUT2D eigenvalue weighted by atomic mass is 32.1. The predicted molar refractivity (Wildman–Crippen MR) is 105 cm³/mol. The van der Waals surface area contributed by atoms with Crippen molar-refractivity contribution in [3.05, 3.63) is 64.4 Å². The summed E-state index contributed by atoms with van der Waals surface area (Å²) in [5, 5.41) is 7.51. The number of aromatic nitrogens is 4. The Morgan fingerprint density at radius 1 is 1.23 bits per heavy atom. The second kappa shape index (κ2) is 7.70. The molecule has 7 heteroatoms. The lowest BCUT2D eigenvalue weighted by atomic mass is 10.1. The summed E-state index contributed by atoms with van der Waals surface area (Å²) in [6.07, 6.45) is 5.56. The molecule has 0 bridgehead atoms. The molecule has 0 aliphatic carbocycles. The van der Waals surface area contributed by atoms with Gasteiger partial charge in [-0.3, -0.25) is 9.47 Å². The van der Waals surface area contributed by atoms with Crippen LogP contribution in [0.4, 0.5) is 5.69 Å². The second-order valence-electron chi connectivity index (χ2n) is 6.35. The second-order valence-corrected chi connectivity index (χ2v) is 6.71. The minimum atomic E-state index is -0.145. The van der Waals surface area contributed by atoms with Gasteiger partial charge in [0.25, 0.3) is 0 Å². The van der Waals surface area contributed by atoms with Crippen LogP contribution in [0, 0.1) is 18.6 Å². The average molecular weight is 369 g/mol. The summed E-state index contributed by atoms with van der Waals surface area (Å²) in [6, 6.07) is 9.81.